The zero-order valence-electron chi connectivity index (χ0n) is 12.0. The molecule has 0 saturated heterocycles. The van der Waals surface area contributed by atoms with Gasteiger partial charge in [0.15, 0.2) is 0 Å². The Morgan fingerprint density at radius 1 is 1.38 bits per heavy atom. The Labute approximate surface area is 122 Å². The monoisotopic (exact) mass is 289 g/mol. The van der Waals surface area contributed by atoms with Crippen LogP contribution in [0.2, 0.25) is 0 Å². The molecule has 0 amide bonds. The van der Waals surface area contributed by atoms with Gasteiger partial charge in [0.05, 0.1) is 12.6 Å². The fourth-order valence-electron chi connectivity index (χ4n) is 3.04. The van der Waals surface area contributed by atoms with Crippen LogP contribution in [0.3, 0.4) is 0 Å². The Morgan fingerprint density at radius 2 is 2.10 bits per heavy atom. The molecule has 1 aromatic carbocycles. The Balaban J connectivity index is 1.79. The molecular formula is C16H19NO4. The molecule has 0 unspecified atom stereocenters. The fourth-order valence-corrected chi connectivity index (χ4v) is 3.04. The van der Waals surface area contributed by atoms with Crippen molar-refractivity contribution in [3.8, 4) is 0 Å². The fraction of sp³-hybridized carbons (Fsp3) is 0.438. The molecule has 5 heteroatoms. The number of rotatable bonds is 5. The van der Waals surface area contributed by atoms with Crippen LogP contribution in [0, 0.1) is 5.92 Å². The first kappa shape index (κ1) is 14.1. The number of hydrogen-bond donors (Lipinski definition) is 2. The van der Waals surface area contributed by atoms with Gasteiger partial charge in [0.25, 0.3) is 0 Å². The Bertz CT molecular complexity index is 657. The summed E-state index contributed by atoms with van der Waals surface area (Å²) in [6, 6.07) is 7.20. The maximum atomic E-state index is 11.5. The lowest BCUT2D eigenvalue weighted by Crippen LogP contribution is -2.36. The minimum Gasteiger partial charge on any atom is -0.478 e. The van der Waals surface area contributed by atoms with Crippen LogP contribution in [0.15, 0.2) is 28.7 Å². The van der Waals surface area contributed by atoms with Gasteiger partial charge in [-0.3, -0.25) is 4.90 Å². The SMILES string of the molecule is CN(Cc1oc2ccccc2c1C(=O)O)CC1CC(O)C1. The molecule has 0 atom stereocenters. The molecule has 0 spiro atoms. The van der Waals surface area contributed by atoms with Crippen molar-refractivity contribution < 1.29 is 19.4 Å². The van der Waals surface area contributed by atoms with Gasteiger partial charge >= 0.3 is 5.97 Å². The second-order valence-corrected chi connectivity index (χ2v) is 5.89. The molecule has 0 bridgehead atoms. The lowest BCUT2D eigenvalue weighted by atomic mass is 9.82. The van der Waals surface area contributed by atoms with E-state index in [2.05, 4.69) is 4.90 Å². The number of furan rings is 1. The number of nitrogens with zero attached hydrogens (tertiary/aromatic N) is 1. The average molecular weight is 289 g/mol. The molecule has 0 aliphatic heterocycles. The molecule has 21 heavy (non-hydrogen) atoms. The molecule has 2 N–H and O–H groups in total. The zero-order valence-corrected chi connectivity index (χ0v) is 12.0. The molecule has 3 rings (SSSR count). The number of aliphatic hydroxyl groups excluding tert-OH is 1. The number of carbonyl (C=O) groups is 1. The number of fused-ring (bicyclic) bond motifs is 1. The van der Waals surface area contributed by atoms with Gasteiger partial charge < -0.3 is 14.6 Å². The van der Waals surface area contributed by atoms with Crippen LogP contribution in [-0.2, 0) is 6.54 Å². The lowest BCUT2D eigenvalue weighted by molar-refractivity contribution is 0.0266. The average Bonchev–Trinajstić information content (AvgIpc) is 2.74. The largest absolute Gasteiger partial charge is 0.478 e. The highest BCUT2D eigenvalue weighted by atomic mass is 16.4. The first-order chi connectivity index (χ1) is 10.0. The van der Waals surface area contributed by atoms with Crippen molar-refractivity contribution in [2.24, 2.45) is 5.92 Å². The molecule has 2 aromatic rings. The number of benzene rings is 1. The van der Waals surface area contributed by atoms with E-state index in [1.807, 2.05) is 19.2 Å². The van der Waals surface area contributed by atoms with E-state index < -0.39 is 5.97 Å². The normalized spacial score (nSPS) is 21.7. The van der Waals surface area contributed by atoms with Crippen molar-refractivity contribution in [3.63, 3.8) is 0 Å². The minimum atomic E-state index is -0.956. The summed E-state index contributed by atoms with van der Waals surface area (Å²) in [4.78, 5) is 13.6. The molecule has 1 aliphatic carbocycles. The van der Waals surface area contributed by atoms with E-state index in [9.17, 15) is 15.0 Å². The van der Waals surface area contributed by atoms with E-state index in [1.54, 1.807) is 12.1 Å². The summed E-state index contributed by atoms with van der Waals surface area (Å²) >= 11 is 0. The van der Waals surface area contributed by atoms with E-state index >= 15 is 0 Å². The van der Waals surface area contributed by atoms with E-state index in [1.165, 1.54) is 0 Å². The molecule has 1 aliphatic rings. The third-order valence-corrected chi connectivity index (χ3v) is 4.08. The predicted octanol–water partition coefficient (Wildman–Crippen LogP) is 2.33. The summed E-state index contributed by atoms with van der Waals surface area (Å²) in [5, 5.41) is 19.4. The van der Waals surface area contributed by atoms with Gasteiger partial charge in [0, 0.05) is 11.9 Å². The van der Waals surface area contributed by atoms with E-state index in [4.69, 9.17) is 4.42 Å². The third-order valence-electron chi connectivity index (χ3n) is 4.08. The maximum Gasteiger partial charge on any atom is 0.339 e. The third kappa shape index (κ3) is 2.80. The van der Waals surface area contributed by atoms with Crippen LogP contribution in [0.1, 0.15) is 29.0 Å². The van der Waals surface area contributed by atoms with E-state index in [-0.39, 0.29) is 11.7 Å². The van der Waals surface area contributed by atoms with Crippen LogP contribution >= 0.6 is 0 Å². The first-order valence-electron chi connectivity index (χ1n) is 7.15. The zero-order chi connectivity index (χ0) is 15.0. The molecule has 1 aromatic heterocycles. The Kier molecular flexibility index (Phi) is 3.69. The van der Waals surface area contributed by atoms with Gasteiger partial charge in [-0.25, -0.2) is 4.79 Å². The van der Waals surface area contributed by atoms with E-state index in [0.29, 0.717) is 29.2 Å². The van der Waals surface area contributed by atoms with Gasteiger partial charge in [-0.15, -0.1) is 0 Å². The number of hydrogen-bond acceptors (Lipinski definition) is 4. The van der Waals surface area contributed by atoms with Crippen LogP contribution < -0.4 is 0 Å². The summed E-state index contributed by atoms with van der Waals surface area (Å²) < 4.78 is 5.71. The number of para-hydroxylation sites is 1. The topological polar surface area (TPSA) is 73.9 Å². The number of carboxylic acids is 1. The highest BCUT2D eigenvalue weighted by Crippen LogP contribution is 2.30. The molecule has 0 radical (unpaired) electrons. The number of aromatic carboxylic acids is 1. The highest BCUT2D eigenvalue weighted by molar-refractivity contribution is 6.03. The van der Waals surface area contributed by atoms with Crippen molar-refractivity contribution in [2.45, 2.75) is 25.5 Å². The molecular weight excluding hydrogens is 270 g/mol. The van der Waals surface area contributed by atoms with Gasteiger partial charge in [-0.1, -0.05) is 18.2 Å². The lowest BCUT2D eigenvalue weighted by Gasteiger charge is -2.34. The van der Waals surface area contributed by atoms with Crippen LogP contribution in [0.5, 0.6) is 0 Å². The van der Waals surface area contributed by atoms with Crippen LogP contribution in [0.25, 0.3) is 11.0 Å². The molecule has 112 valence electrons. The van der Waals surface area contributed by atoms with Gasteiger partial charge in [-0.2, -0.15) is 0 Å². The summed E-state index contributed by atoms with van der Waals surface area (Å²) in [7, 11) is 1.95. The van der Waals surface area contributed by atoms with Gasteiger partial charge in [0.1, 0.15) is 16.9 Å². The molecule has 1 fully saturated rings. The van der Waals surface area contributed by atoms with Gasteiger partial charge in [-0.05, 0) is 31.9 Å². The van der Waals surface area contributed by atoms with Crippen molar-refractivity contribution in [1.82, 2.24) is 4.90 Å². The smallest absolute Gasteiger partial charge is 0.339 e. The predicted molar refractivity (Wildman–Crippen MR) is 78.2 cm³/mol. The molecule has 1 saturated carbocycles. The van der Waals surface area contributed by atoms with Gasteiger partial charge in [0.2, 0.25) is 0 Å². The first-order valence-corrected chi connectivity index (χ1v) is 7.15. The molecule has 5 nitrogen and oxygen atoms in total. The summed E-state index contributed by atoms with van der Waals surface area (Å²) in [5.74, 6) is 0.0242. The minimum absolute atomic E-state index is 0.163. The highest BCUT2D eigenvalue weighted by Gasteiger charge is 2.29. The summed E-state index contributed by atoms with van der Waals surface area (Å²) in [6.45, 7) is 1.30. The quantitative estimate of drug-likeness (QED) is 0.883. The Morgan fingerprint density at radius 3 is 2.76 bits per heavy atom. The number of aliphatic hydroxyl groups is 1. The van der Waals surface area contributed by atoms with Crippen molar-refractivity contribution in [1.29, 1.82) is 0 Å². The van der Waals surface area contributed by atoms with Crippen molar-refractivity contribution in [3.05, 3.63) is 35.6 Å². The standard InChI is InChI=1S/C16H19NO4/c1-17(8-10-6-11(18)7-10)9-14-15(16(19)20)12-4-2-3-5-13(12)21-14/h2-5,10-11,18H,6-9H2,1H3,(H,19,20). The van der Waals surface area contributed by atoms with Crippen molar-refractivity contribution in [2.75, 3.05) is 13.6 Å². The second-order valence-electron chi connectivity index (χ2n) is 5.89. The summed E-state index contributed by atoms with van der Waals surface area (Å²) in [5.41, 5.74) is 0.864. The second kappa shape index (κ2) is 5.50. The van der Waals surface area contributed by atoms with Crippen molar-refractivity contribution >= 4 is 16.9 Å². The van der Waals surface area contributed by atoms with Crippen LogP contribution in [0.4, 0.5) is 0 Å². The molecule has 1 heterocycles. The number of carboxylic acid groups (broad SMARTS) is 1. The Hall–Kier alpha value is -1.85. The van der Waals surface area contributed by atoms with Crippen LogP contribution in [-0.4, -0.2) is 40.8 Å². The van der Waals surface area contributed by atoms with E-state index in [0.717, 1.165) is 19.4 Å². The summed E-state index contributed by atoms with van der Waals surface area (Å²) in [6.07, 6.45) is 1.50. The maximum absolute atomic E-state index is 11.5.